The SMILES string of the molecule is CC(O)N(C)C.CCCCCCCCCCCC(=O)O. The molecule has 1 unspecified atom stereocenters. The molecule has 0 aliphatic heterocycles. The van der Waals surface area contributed by atoms with Crippen LogP contribution in [0, 0.1) is 0 Å². The molecule has 0 spiro atoms. The maximum Gasteiger partial charge on any atom is 0.303 e. The van der Waals surface area contributed by atoms with E-state index in [9.17, 15) is 4.79 Å². The van der Waals surface area contributed by atoms with Crippen LogP contribution in [0.2, 0.25) is 0 Å². The maximum absolute atomic E-state index is 10.2. The highest BCUT2D eigenvalue weighted by molar-refractivity contribution is 5.66. The van der Waals surface area contributed by atoms with Crippen molar-refractivity contribution in [2.24, 2.45) is 0 Å². The predicted octanol–water partition coefficient (Wildman–Crippen LogP) is 3.88. The number of hydrogen-bond donors (Lipinski definition) is 2. The zero-order chi connectivity index (χ0) is 15.8. The van der Waals surface area contributed by atoms with E-state index in [0.29, 0.717) is 6.42 Å². The van der Waals surface area contributed by atoms with Crippen LogP contribution in [0.25, 0.3) is 0 Å². The van der Waals surface area contributed by atoms with Crippen LogP contribution in [-0.2, 0) is 4.79 Å². The second kappa shape index (κ2) is 16.4. The Balaban J connectivity index is 0. The number of aliphatic hydroxyl groups excluding tert-OH is 1. The van der Waals surface area contributed by atoms with Gasteiger partial charge in [-0.1, -0.05) is 58.3 Å². The predicted molar refractivity (Wildman–Crippen MR) is 84.8 cm³/mol. The lowest BCUT2D eigenvalue weighted by molar-refractivity contribution is -0.137. The summed E-state index contributed by atoms with van der Waals surface area (Å²) in [5.74, 6) is -0.659. The molecule has 20 heavy (non-hydrogen) atoms. The smallest absolute Gasteiger partial charge is 0.303 e. The molecule has 0 fully saturated rings. The maximum atomic E-state index is 10.2. The summed E-state index contributed by atoms with van der Waals surface area (Å²) in [4.78, 5) is 11.9. The van der Waals surface area contributed by atoms with Crippen molar-refractivity contribution >= 4 is 5.97 Å². The normalized spacial score (nSPS) is 11.9. The fraction of sp³-hybridized carbons (Fsp3) is 0.938. The van der Waals surface area contributed by atoms with Gasteiger partial charge in [-0.2, -0.15) is 0 Å². The number of aliphatic carboxylic acids is 1. The highest BCUT2D eigenvalue weighted by Gasteiger charge is 1.96. The van der Waals surface area contributed by atoms with E-state index < -0.39 is 5.97 Å². The van der Waals surface area contributed by atoms with Crippen molar-refractivity contribution in [3.05, 3.63) is 0 Å². The van der Waals surface area contributed by atoms with Crippen LogP contribution < -0.4 is 0 Å². The fourth-order valence-electron chi connectivity index (χ4n) is 1.59. The third-order valence-electron chi connectivity index (χ3n) is 3.24. The molecule has 0 aliphatic rings. The van der Waals surface area contributed by atoms with Gasteiger partial charge in [-0.05, 0) is 27.4 Å². The molecule has 0 rings (SSSR count). The van der Waals surface area contributed by atoms with E-state index in [2.05, 4.69) is 6.92 Å². The second-order valence-corrected chi connectivity index (χ2v) is 5.57. The summed E-state index contributed by atoms with van der Waals surface area (Å²) in [5, 5.41) is 17.0. The van der Waals surface area contributed by atoms with Crippen molar-refractivity contribution in [3.8, 4) is 0 Å². The van der Waals surface area contributed by atoms with Crippen molar-refractivity contribution in [2.75, 3.05) is 14.1 Å². The summed E-state index contributed by atoms with van der Waals surface area (Å²) >= 11 is 0. The molecule has 0 radical (unpaired) electrons. The monoisotopic (exact) mass is 289 g/mol. The van der Waals surface area contributed by atoms with Gasteiger partial charge in [0.2, 0.25) is 0 Å². The summed E-state index contributed by atoms with van der Waals surface area (Å²) in [6.45, 7) is 3.95. The Morgan fingerprint density at radius 3 is 1.60 bits per heavy atom. The van der Waals surface area contributed by atoms with Crippen molar-refractivity contribution in [2.45, 2.75) is 84.3 Å². The highest BCUT2D eigenvalue weighted by Crippen LogP contribution is 2.10. The Bertz CT molecular complexity index is 200. The van der Waals surface area contributed by atoms with Gasteiger partial charge in [0.25, 0.3) is 0 Å². The number of rotatable bonds is 11. The summed E-state index contributed by atoms with van der Waals surface area (Å²) in [6, 6.07) is 0. The van der Waals surface area contributed by atoms with Gasteiger partial charge in [-0.15, -0.1) is 0 Å². The molecule has 0 heterocycles. The van der Waals surface area contributed by atoms with Gasteiger partial charge in [0.05, 0.1) is 0 Å². The van der Waals surface area contributed by atoms with E-state index in [0.717, 1.165) is 12.8 Å². The van der Waals surface area contributed by atoms with Crippen LogP contribution in [0.5, 0.6) is 0 Å². The van der Waals surface area contributed by atoms with Crippen LogP contribution in [0.1, 0.15) is 78.1 Å². The van der Waals surface area contributed by atoms with Crippen LogP contribution in [0.3, 0.4) is 0 Å². The van der Waals surface area contributed by atoms with Crippen molar-refractivity contribution in [1.29, 1.82) is 0 Å². The Kier molecular flexibility index (Phi) is 17.8. The molecule has 1 atom stereocenters. The van der Waals surface area contributed by atoms with E-state index in [1.165, 1.54) is 44.9 Å². The number of hydrogen-bond acceptors (Lipinski definition) is 3. The largest absolute Gasteiger partial charge is 0.481 e. The molecule has 0 amide bonds. The molecule has 0 aromatic carbocycles. The number of carboxylic acids is 1. The summed E-state index contributed by atoms with van der Waals surface area (Å²) in [7, 11) is 3.65. The molecule has 4 heteroatoms. The van der Waals surface area contributed by atoms with E-state index in [4.69, 9.17) is 10.2 Å². The minimum Gasteiger partial charge on any atom is -0.481 e. The Morgan fingerprint density at radius 2 is 1.30 bits per heavy atom. The quantitative estimate of drug-likeness (QED) is 0.447. The van der Waals surface area contributed by atoms with Gasteiger partial charge in [0, 0.05) is 6.42 Å². The average Bonchev–Trinajstić information content (AvgIpc) is 2.37. The molecule has 122 valence electrons. The topological polar surface area (TPSA) is 60.8 Å². The molecular formula is C16H35NO3. The van der Waals surface area contributed by atoms with Crippen LogP contribution >= 0.6 is 0 Å². The molecule has 0 aliphatic carbocycles. The summed E-state index contributed by atoms with van der Waals surface area (Å²) in [6.07, 6.45) is 11.2. The Morgan fingerprint density at radius 1 is 0.950 bits per heavy atom. The fourth-order valence-corrected chi connectivity index (χ4v) is 1.59. The molecule has 4 nitrogen and oxygen atoms in total. The third-order valence-corrected chi connectivity index (χ3v) is 3.24. The molecule has 0 aromatic rings. The number of aliphatic hydroxyl groups is 1. The lowest BCUT2D eigenvalue weighted by atomic mass is 10.1. The minimum absolute atomic E-state index is 0.315. The van der Waals surface area contributed by atoms with Crippen LogP contribution in [0.4, 0.5) is 0 Å². The molecule has 2 N–H and O–H groups in total. The van der Waals surface area contributed by atoms with E-state index >= 15 is 0 Å². The lowest BCUT2D eigenvalue weighted by Gasteiger charge is -2.11. The average molecular weight is 289 g/mol. The number of carbonyl (C=O) groups is 1. The van der Waals surface area contributed by atoms with E-state index in [1.54, 1.807) is 11.8 Å². The zero-order valence-corrected chi connectivity index (χ0v) is 13.9. The Labute approximate surface area is 125 Å². The van der Waals surface area contributed by atoms with Gasteiger partial charge >= 0.3 is 5.97 Å². The lowest BCUT2D eigenvalue weighted by Crippen LogP contribution is -2.23. The van der Waals surface area contributed by atoms with Crippen molar-refractivity contribution < 1.29 is 15.0 Å². The van der Waals surface area contributed by atoms with Gasteiger partial charge < -0.3 is 10.2 Å². The molecule has 0 saturated carbocycles. The first-order valence-electron chi connectivity index (χ1n) is 7.98. The standard InChI is InChI=1S/C12H24O2.C4H11NO/c1-2-3-4-5-6-7-8-9-10-11-12(13)14;1-4(6)5(2)3/h2-11H2,1H3,(H,13,14);4,6H,1-3H3. The van der Waals surface area contributed by atoms with E-state index in [1.807, 2.05) is 14.1 Å². The van der Waals surface area contributed by atoms with Gasteiger partial charge in [-0.3, -0.25) is 9.69 Å². The van der Waals surface area contributed by atoms with Gasteiger partial charge in [0.15, 0.2) is 0 Å². The molecule has 0 aromatic heterocycles. The zero-order valence-electron chi connectivity index (χ0n) is 13.9. The third kappa shape index (κ3) is 22.6. The Hall–Kier alpha value is -0.610. The molecule has 0 bridgehead atoms. The van der Waals surface area contributed by atoms with Gasteiger partial charge in [-0.25, -0.2) is 0 Å². The first-order chi connectivity index (χ1) is 9.41. The highest BCUT2D eigenvalue weighted by atomic mass is 16.4. The number of carboxylic acid groups (broad SMARTS) is 1. The van der Waals surface area contributed by atoms with Crippen LogP contribution in [0.15, 0.2) is 0 Å². The molecular weight excluding hydrogens is 254 g/mol. The first-order valence-corrected chi connectivity index (χ1v) is 7.98. The van der Waals surface area contributed by atoms with Crippen LogP contribution in [-0.4, -0.2) is 41.4 Å². The molecule has 0 saturated heterocycles. The van der Waals surface area contributed by atoms with E-state index in [-0.39, 0.29) is 6.23 Å². The van der Waals surface area contributed by atoms with Crippen molar-refractivity contribution in [1.82, 2.24) is 4.90 Å². The number of unbranched alkanes of at least 4 members (excludes halogenated alkanes) is 8. The van der Waals surface area contributed by atoms with Crippen molar-refractivity contribution in [3.63, 3.8) is 0 Å². The number of nitrogens with zero attached hydrogens (tertiary/aromatic N) is 1. The first kappa shape index (κ1) is 21.7. The summed E-state index contributed by atoms with van der Waals surface area (Å²) in [5.41, 5.74) is 0. The van der Waals surface area contributed by atoms with Gasteiger partial charge in [0.1, 0.15) is 6.23 Å². The second-order valence-electron chi connectivity index (χ2n) is 5.57. The summed E-state index contributed by atoms with van der Waals surface area (Å²) < 4.78 is 0. The minimum atomic E-state index is -0.659.